The minimum atomic E-state index is -0.418. The van der Waals surface area contributed by atoms with E-state index in [4.69, 9.17) is 9.15 Å². The smallest absolute Gasteiger partial charge is 0.336 e. The average Bonchev–Trinajstić information content (AvgIpc) is 2.67. The Morgan fingerprint density at radius 2 is 2.16 bits per heavy atom. The fourth-order valence-corrected chi connectivity index (χ4v) is 2.54. The first-order valence-electron chi connectivity index (χ1n) is 6.32. The van der Waals surface area contributed by atoms with Gasteiger partial charge in [-0.1, -0.05) is 6.58 Å². The second-order valence-electron chi connectivity index (χ2n) is 5.46. The summed E-state index contributed by atoms with van der Waals surface area (Å²) in [7, 11) is 0. The van der Waals surface area contributed by atoms with Crippen LogP contribution >= 0.6 is 0 Å². The number of benzene rings is 1. The third-order valence-corrected chi connectivity index (χ3v) is 3.93. The SMILES string of the molecule is C=C(C)C1(C)Cc2c(ccc3c(C)cc(=O)oc23)O1. The number of aryl methyl sites for hydroxylation is 1. The van der Waals surface area contributed by atoms with E-state index in [0.717, 1.165) is 27.8 Å². The Morgan fingerprint density at radius 3 is 2.84 bits per heavy atom. The summed E-state index contributed by atoms with van der Waals surface area (Å²) in [5, 5.41) is 0.966. The van der Waals surface area contributed by atoms with Gasteiger partial charge in [0.25, 0.3) is 0 Å². The molecule has 1 unspecified atom stereocenters. The number of rotatable bonds is 1. The maximum atomic E-state index is 11.6. The monoisotopic (exact) mass is 256 g/mol. The summed E-state index contributed by atoms with van der Waals surface area (Å²) in [5.41, 5.74) is 2.77. The first-order valence-corrected chi connectivity index (χ1v) is 6.32. The van der Waals surface area contributed by atoms with E-state index in [1.807, 2.05) is 32.9 Å². The molecule has 1 aromatic carbocycles. The van der Waals surface area contributed by atoms with Crippen molar-refractivity contribution in [3.63, 3.8) is 0 Å². The van der Waals surface area contributed by atoms with Crippen molar-refractivity contribution in [2.45, 2.75) is 32.8 Å². The zero-order chi connectivity index (χ0) is 13.8. The van der Waals surface area contributed by atoms with Crippen molar-refractivity contribution in [1.29, 1.82) is 0 Å². The summed E-state index contributed by atoms with van der Waals surface area (Å²) >= 11 is 0. The second kappa shape index (κ2) is 3.73. The van der Waals surface area contributed by atoms with Crippen LogP contribution in [-0.4, -0.2) is 5.60 Å². The van der Waals surface area contributed by atoms with E-state index < -0.39 is 5.60 Å². The highest BCUT2D eigenvalue weighted by Gasteiger charge is 2.37. The van der Waals surface area contributed by atoms with E-state index in [9.17, 15) is 4.79 Å². The van der Waals surface area contributed by atoms with Gasteiger partial charge in [0.05, 0.1) is 0 Å². The van der Waals surface area contributed by atoms with Crippen LogP contribution in [0, 0.1) is 6.92 Å². The van der Waals surface area contributed by atoms with Crippen LogP contribution in [0.2, 0.25) is 0 Å². The summed E-state index contributed by atoms with van der Waals surface area (Å²) in [6.07, 6.45) is 0.682. The van der Waals surface area contributed by atoms with Crippen LogP contribution in [0.4, 0.5) is 0 Å². The number of hydrogen-bond donors (Lipinski definition) is 0. The van der Waals surface area contributed by atoms with Gasteiger partial charge in [-0.15, -0.1) is 0 Å². The van der Waals surface area contributed by atoms with Crippen LogP contribution in [-0.2, 0) is 6.42 Å². The van der Waals surface area contributed by atoms with E-state index in [0.29, 0.717) is 12.0 Å². The minimum absolute atomic E-state index is 0.317. The Hall–Kier alpha value is -2.03. The lowest BCUT2D eigenvalue weighted by molar-refractivity contribution is 0.157. The molecule has 3 heteroatoms. The lowest BCUT2D eigenvalue weighted by Crippen LogP contribution is -2.30. The number of hydrogen-bond acceptors (Lipinski definition) is 3. The summed E-state index contributed by atoms with van der Waals surface area (Å²) in [6, 6.07) is 5.40. The van der Waals surface area contributed by atoms with E-state index in [1.165, 1.54) is 6.07 Å². The lowest BCUT2D eigenvalue weighted by atomic mass is 9.92. The van der Waals surface area contributed by atoms with E-state index in [-0.39, 0.29) is 5.63 Å². The Kier molecular flexibility index (Phi) is 2.36. The maximum Gasteiger partial charge on any atom is 0.336 e. The van der Waals surface area contributed by atoms with Crippen molar-refractivity contribution in [3.05, 3.63) is 51.9 Å². The first-order chi connectivity index (χ1) is 8.90. The second-order valence-corrected chi connectivity index (χ2v) is 5.46. The lowest BCUT2D eigenvalue weighted by Gasteiger charge is -2.23. The topological polar surface area (TPSA) is 39.4 Å². The third-order valence-electron chi connectivity index (χ3n) is 3.93. The molecule has 1 aliphatic rings. The highest BCUT2D eigenvalue weighted by molar-refractivity contribution is 5.85. The van der Waals surface area contributed by atoms with Crippen LogP contribution in [0.25, 0.3) is 11.0 Å². The fourth-order valence-electron chi connectivity index (χ4n) is 2.54. The largest absolute Gasteiger partial charge is 0.482 e. The Morgan fingerprint density at radius 1 is 1.42 bits per heavy atom. The molecule has 0 N–H and O–H groups in total. The van der Waals surface area contributed by atoms with Gasteiger partial charge in [-0.3, -0.25) is 0 Å². The summed E-state index contributed by atoms with van der Waals surface area (Å²) in [4.78, 5) is 11.6. The van der Waals surface area contributed by atoms with E-state index in [2.05, 4.69) is 6.58 Å². The minimum Gasteiger partial charge on any atom is -0.482 e. The molecule has 0 saturated heterocycles. The predicted molar refractivity (Wildman–Crippen MR) is 74.8 cm³/mol. The molecule has 0 aliphatic carbocycles. The average molecular weight is 256 g/mol. The van der Waals surface area contributed by atoms with Gasteiger partial charge >= 0.3 is 5.63 Å². The van der Waals surface area contributed by atoms with Gasteiger partial charge in [0.15, 0.2) is 0 Å². The molecule has 0 fully saturated rings. The van der Waals surface area contributed by atoms with Gasteiger partial charge in [-0.2, -0.15) is 0 Å². The summed E-state index contributed by atoms with van der Waals surface area (Å²) in [5.74, 6) is 0.784. The van der Waals surface area contributed by atoms with Crippen LogP contribution < -0.4 is 10.4 Å². The molecule has 19 heavy (non-hydrogen) atoms. The van der Waals surface area contributed by atoms with Gasteiger partial charge in [0.2, 0.25) is 0 Å². The predicted octanol–water partition coefficient (Wildman–Crippen LogP) is 3.37. The van der Waals surface area contributed by atoms with Gasteiger partial charge in [0.1, 0.15) is 16.9 Å². The van der Waals surface area contributed by atoms with Crippen molar-refractivity contribution >= 4 is 11.0 Å². The third kappa shape index (κ3) is 1.69. The quantitative estimate of drug-likeness (QED) is 0.580. The molecule has 2 aromatic rings. The van der Waals surface area contributed by atoms with Crippen molar-refractivity contribution in [1.82, 2.24) is 0 Å². The molecule has 2 heterocycles. The molecule has 3 rings (SSSR count). The molecule has 0 saturated carbocycles. The van der Waals surface area contributed by atoms with Crippen molar-refractivity contribution in [2.75, 3.05) is 0 Å². The van der Waals surface area contributed by atoms with Crippen LogP contribution in [0.3, 0.4) is 0 Å². The van der Waals surface area contributed by atoms with Crippen molar-refractivity contribution < 1.29 is 9.15 Å². The molecule has 1 aromatic heterocycles. The summed E-state index contributed by atoms with van der Waals surface area (Å²) < 4.78 is 11.4. The highest BCUT2D eigenvalue weighted by Crippen LogP contribution is 2.42. The zero-order valence-corrected chi connectivity index (χ0v) is 11.4. The van der Waals surface area contributed by atoms with Gasteiger partial charge in [-0.25, -0.2) is 4.79 Å². The van der Waals surface area contributed by atoms with Crippen LogP contribution in [0.1, 0.15) is 25.0 Å². The first kappa shape index (κ1) is 12.0. The molecule has 1 aliphatic heterocycles. The standard InChI is InChI=1S/C16H16O3/c1-9(2)16(4)8-12-13(19-16)6-5-11-10(3)7-14(17)18-15(11)12/h5-7H,1,8H2,2-4H3. The van der Waals surface area contributed by atoms with Gasteiger partial charge in [0, 0.05) is 23.4 Å². The normalized spacial score (nSPS) is 21.2. The molecule has 1 atom stereocenters. The van der Waals surface area contributed by atoms with Crippen LogP contribution in [0.15, 0.2) is 39.6 Å². The molecule has 0 radical (unpaired) electrons. The van der Waals surface area contributed by atoms with Crippen molar-refractivity contribution in [2.24, 2.45) is 0 Å². The van der Waals surface area contributed by atoms with Crippen molar-refractivity contribution in [3.8, 4) is 5.75 Å². The van der Waals surface area contributed by atoms with E-state index >= 15 is 0 Å². The molecule has 98 valence electrons. The van der Waals surface area contributed by atoms with Gasteiger partial charge < -0.3 is 9.15 Å². The Bertz CT molecular complexity index is 754. The Balaban J connectivity index is 2.29. The molecule has 3 nitrogen and oxygen atoms in total. The molecule has 0 amide bonds. The molecule has 0 spiro atoms. The number of ether oxygens (including phenoxy) is 1. The summed E-state index contributed by atoms with van der Waals surface area (Å²) in [6.45, 7) is 9.87. The molecule has 0 bridgehead atoms. The van der Waals surface area contributed by atoms with Crippen LogP contribution in [0.5, 0.6) is 5.75 Å². The van der Waals surface area contributed by atoms with E-state index in [1.54, 1.807) is 0 Å². The number of fused-ring (bicyclic) bond motifs is 3. The fraction of sp³-hybridized carbons (Fsp3) is 0.312. The Labute approximate surface area is 111 Å². The zero-order valence-electron chi connectivity index (χ0n) is 11.4. The highest BCUT2D eigenvalue weighted by atomic mass is 16.5. The van der Waals surface area contributed by atoms with Gasteiger partial charge in [-0.05, 0) is 44.0 Å². The molecular formula is C16H16O3. The molecular weight excluding hydrogens is 240 g/mol. The maximum absolute atomic E-state index is 11.6.